The Labute approximate surface area is 111 Å². The fraction of sp³-hybridized carbons (Fsp3) is 0.250. The lowest BCUT2D eigenvalue weighted by Gasteiger charge is -2.09. The van der Waals surface area contributed by atoms with Gasteiger partial charge in [0.15, 0.2) is 0 Å². The van der Waals surface area contributed by atoms with Gasteiger partial charge in [-0.15, -0.1) is 18.8 Å². The van der Waals surface area contributed by atoms with Crippen LogP contribution in [0.15, 0.2) is 18.2 Å². The fourth-order valence-electron chi connectivity index (χ4n) is 1.25. The van der Waals surface area contributed by atoms with Gasteiger partial charge in [0, 0.05) is 11.4 Å². The number of rotatable bonds is 5. The average Bonchev–Trinajstić information content (AvgIpc) is 2.25. The summed E-state index contributed by atoms with van der Waals surface area (Å²) in [6.45, 7) is 0.154. The lowest BCUT2D eigenvalue weighted by atomic mass is 10.1. The average molecular weight is 275 g/mol. The first-order chi connectivity index (χ1) is 7.63. The molecule has 0 aliphatic heterocycles. The topological polar surface area (TPSA) is 46.5 Å². The Kier molecular flexibility index (Phi) is 7.20. The molecule has 1 aromatic rings. The molecular weight excluding hydrogens is 263 g/mol. The number of halogens is 2. The third kappa shape index (κ3) is 5.48. The van der Waals surface area contributed by atoms with Gasteiger partial charge in [-0.05, 0) is 30.2 Å². The van der Waals surface area contributed by atoms with E-state index in [1.165, 1.54) is 0 Å². The van der Waals surface area contributed by atoms with Gasteiger partial charge in [0.1, 0.15) is 12.4 Å². The third-order valence-corrected chi connectivity index (χ3v) is 2.18. The molecule has 0 spiro atoms. The van der Waals surface area contributed by atoms with Crippen molar-refractivity contribution in [2.45, 2.75) is 12.8 Å². The van der Waals surface area contributed by atoms with Gasteiger partial charge in [0.2, 0.25) is 0 Å². The second kappa shape index (κ2) is 7.83. The number of benzene rings is 1. The van der Waals surface area contributed by atoms with E-state index in [-0.39, 0.29) is 25.4 Å². The summed E-state index contributed by atoms with van der Waals surface area (Å²) in [5.74, 6) is 2.08. The van der Waals surface area contributed by atoms with E-state index in [2.05, 4.69) is 5.92 Å². The van der Waals surface area contributed by atoms with Gasteiger partial charge in [0.05, 0.1) is 0 Å². The Morgan fingerprint density at radius 3 is 2.82 bits per heavy atom. The summed E-state index contributed by atoms with van der Waals surface area (Å²) in [6.07, 6.45) is 5.49. The van der Waals surface area contributed by atoms with Crippen LogP contribution >= 0.6 is 24.0 Å². The zero-order valence-electron chi connectivity index (χ0n) is 8.98. The van der Waals surface area contributed by atoms with Gasteiger partial charge in [-0.3, -0.25) is 4.79 Å². The molecule has 0 fully saturated rings. The number of carboxylic acid groups (broad SMARTS) is 1. The van der Waals surface area contributed by atoms with E-state index < -0.39 is 5.97 Å². The molecule has 0 radical (unpaired) electrons. The number of carboxylic acids is 1. The first-order valence-corrected chi connectivity index (χ1v) is 5.07. The summed E-state index contributed by atoms with van der Waals surface area (Å²) in [7, 11) is 0. The summed E-state index contributed by atoms with van der Waals surface area (Å²) in [5.41, 5.74) is 0.755. The number of aliphatic carboxylic acids is 1. The Morgan fingerprint density at radius 2 is 2.24 bits per heavy atom. The Hall–Kier alpha value is -1.37. The maximum absolute atomic E-state index is 10.5. The highest BCUT2D eigenvalue weighted by atomic mass is 35.5. The highest BCUT2D eigenvalue weighted by Gasteiger charge is 2.06. The highest BCUT2D eigenvalue weighted by Crippen LogP contribution is 2.24. The minimum Gasteiger partial charge on any atom is -0.481 e. The molecule has 0 saturated carbocycles. The van der Waals surface area contributed by atoms with Crippen molar-refractivity contribution < 1.29 is 14.6 Å². The Balaban J connectivity index is 0.00000256. The first kappa shape index (κ1) is 15.6. The molecule has 0 aliphatic carbocycles. The van der Waals surface area contributed by atoms with Crippen molar-refractivity contribution in [1.82, 2.24) is 0 Å². The fourth-order valence-corrected chi connectivity index (χ4v) is 1.44. The molecule has 0 aliphatic rings. The highest BCUT2D eigenvalue weighted by molar-refractivity contribution is 6.30. The van der Waals surface area contributed by atoms with Crippen LogP contribution in [0, 0.1) is 12.3 Å². The van der Waals surface area contributed by atoms with E-state index in [1.54, 1.807) is 18.2 Å². The molecule has 17 heavy (non-hydrogen) atoms. The molecule has 0 bridgehead atoms. The van der Waals surface area contributed by atoms with E-state index >= 15 is 0 Å². The quantitative estimate of drug-likeness (QED) is 0.840. The standard InChI is InChI=1S/C12H11ClO3.ClH/c1-2-7-16-11-5-4-10(13)8-9(11)3-6-12(14)15;/h1,4-5,8H,3,6-7H2,(H,14,15);1H. The van der Waals surface area contributed by atoms with Crippen LogP contribution in [-0.2, 0) is 11.2 Å². The van der Waals surface area contributed by atoms with E-state index in [4.69, 9.17) is 27.9 Å². The van der Waals surface area contributed by atoms with Gasteiger partial charge < -0.3 is 9.84 Å². The Bertz CT molecular complexity index is 424. The van der Waals surface area contributed by atoms with Crippen LogP contribution in [0.2, 0.25) is 5.02 Å². The molecular formula is C12H12Cl2O3. The van der Waals surface area contributed by atoms with Crippen molar-refractivity contribution in [2.75, 3.05) is 6.61 Å². The van der Waals surface area contributed by atoms with Gasteiger partial charge in [-0.2, -0.15) is 0 Å². The monoisotopic (exact) mass is 274 g/mol. The molecule has 1 N–H and O–H groups in total. The Morgan fingerprint density at radius 1 is 1.53 bits per heavy atom. The van der Waals surface area contributed by atoms with Crippen LogP contribution in [0.3, 0.4) is 0 Å². The molecule has 1 aromatic carbocycles. The molecule has 92 valence electrons. The summed E-state index contributed by atoms with van der Waals surface area (Å²) >= 11 is 5.82. The zero-order chi connectivity index (χ0) is 12.0. The predicted molar refractivity (Wildman–Crippen MR) is 69.0 cm³/mol. The molecule has 0 aromatic heterocycles. The van der Waals surface area contributed by atoms with Gasteiger partial charge in [-0.1, -0.05) is 17.5 Å². The summed E-state index contributed by atoms with van der Waals surface area (Å²) in [5, 5.41) is 9.15. The number of carbonyl (C=O) groups is 1. The van der Waals surface area contributed by atoms with Crippen LogP contribution in [0.4, 0.5) is 0 Å². The normalized spacial score (nSPS) is 8.94. The molecule has 3 nitrogen and oxygen atoms in total. The summed E-state index contributed by atoms with van der Waals surface area (Å²) in [6, 6.07) is 5.06. The molecule has 0 heterocycles. The lowest BCUT2D eigenvalue weighted by molar-refractivity contribution is -0.136. The van der Waals surface area contributed by atoms with Crippen LogP contribution in [-0.4, -0.2) is 17.7 Å². The first-order valence-electron chi connectivity index (χ1n) is 4.70. The van der Waals surface area contributed by atoms with Crippen LogP contribution in [0.1, 0.15) is 12.0 Å². The van der Waals surface area contributed by atoms with Crippen molar-refractivity contribution >= 4 is 30.0 Å². The van der Waals surface area contributed by atoms with E-state index in [0.717, 1.165) is 5.56 Å². The van der Waals surface area contributed by atoms with Crippen molar-refractivity contribution in [3.63, 3.8) is 0 Å². The van der Waals surface area contributed by atoms with Crippen LogP contribution < -0.4 is 4.74 Å². The van der Waals surface area contributed by atoms with Crippen molar-refractivity contribution in [3.8, 4) is 18.1 Å². The summed E-state index contributed by atoms with van der Waals surface area (Å²) < 4.78 is 5.29. The number of ether oxygens (including phenoxy) is 1. The van der Waals surface area contributed by atoms with E-state index in [1.807, 2.05) is 0 Å². The van der Waals surface area contributed by atoms with Gasteiger partial charge in [-0.25, -0.2) is 0 Å². The minimum absolute atomic E-state index is 0. The van der Waals surface area contributed by atoms with Crippen molar-refractivity contribution in [2.24, 2.45) is 0 Å². The second-order valence-electron chi connectivity index (χ2n) is 3.14. The van der Waals surface area contributed by atoms with Gasteiger partial charge >= 0.3 is 5.97 Å². The van der Waals surface area contributed by atoms with Gasteiger partial charge in [0.25, 0.3) is 0 Å². The van der Waals surface area contributed by atoms with Crippen LogP contribution in [0.5, 0.6) is 5.75 Å². The maximum atomic E-state index is 10.5. The molecule has 0 amide bonds. The number of aryl methyl sites for hydroxylation is 1. The number of terminal acetylenes is 1. The zero-order valence-corrected chi connectivity index (χ0v) is 10.6. The molecule has 5 heteroatoms. The van der Waals surface area contributed by atoms with Crippen molar-refractivity contribution in [3.05, 3.63) is 28.8 Å². The minimum atomic E-state index is -0.858. The van der Waals surface area contributed by atoms with Crippen molar-refractivity contribution in [1.29, 1.82) is 0 Å². The van der Waals surface area contributed by atoms with E-state index in [0.29, 0.717) is 17.2 Å². The molecule has 1 rings (SSSR count). The summed E-state index contributed by atoms with van der Waals surface area (Å²) in [4.78, 5) is 10.5. The molecule has 0 atom stereocenters. The smallest absolute Gasteiger partial charge is 0.303 e. The largest absolute Gasteiger partial charge is 0.481 e. The molecule has 0 unspecified atom stereocenters. The second-order valence-corrected chi connectivity index (χ2v) is 3.58. The predicted octanol–water partition coefficient (Wildman–Crippen LogP) is 2.79. The number of hydrogen-bond donors (Lipinski definition) is 1. The third-order valence-electron chi connectivity index (χ3n) is 1.94. The van der Waals surface area contributed by atoms with Crippen LogP contribution in [0.25, 0.3) is 0 Å². The molecule has 0 saturated heterocycles. The SMILES string of the molecule is C#CCOc1ccc(Cl)cc1CCC(=O)O.Cl. The lowest BCUT2D eigenvalue weighted by Crippen LogP contribution is -2.01. The van der Waals surface area contributed by atoms with E-state index in [9.17, 15) is 4.79 Å². The maximum Gasteiger partial charge on any atom is 0.303 e. The number of hydrogen-bond acceptors (Lipinski definition) is 2.